The molecule has 15 heavy (non-hydrogen) atoms. The number of methoxy groups -OCH3 is 1. The smallest absolute Gasteiger partial charge is 0.223 e. The van der Waals surface area contributed by atoms with Crippen molar-refractivity contribution in [3.8, 4) is 17.1 Å². The monoisotopic (exact) mass is 221 g/mol. The lowest BCUT2D eigenvalue weighted by molar-refractivity contribution is 0.398. The Morgan fingerprint density at radius 3 is 2.73 bits per heavy atom. The highest BCUT2D eigenvalue weighted by molar-refractivity contribution is 7.10. The molecule has 0 fully saturated rings. The van der Waals surface area contributed by atoms with Crippen LogP contribution in [-0.4, -0.2) is 17.1 Å². The first-order chi connectivity index (χ1) is 7.19. The van der Waals surface area contributed by atoms with E-state index >= 15 is 0 Å². The Kier molecular flexibility index (Phi) is 2.55. The molecule has 0 saturated carbocycles. The molecule has 0 radical (unpaired) electrons. The van der Waals surface area contributed by atoms with E-state index in [9.17, 15) is 0 Å². The zero-order valence-corrected chi connectivity index (χ0v) is 9.34. The van der Waals surface area contributed by atoms with Crippen LogP contribution in [0.4, 0.5) is 5.95 Å². The molecular weight excluding hydrogens is 210 g/mol. The summed E-state index contributed by atoms with van der Waals surface area (Å²) in [5, 5.41) is 2.04. The molecule has 0 unspecified atom stereocenters. The second kappa shape index (κ2) is 3.86. The maximum absolute atomic E-state index is 5.58. The Morgan fingerprint density at radius 1 is 1.33 bits per heavy atom. The van der Waals surface area contributed by atoms with Crippen LogP contribution in [0.25, 0.3) is 11.3 Å². The van der Waals surface area contributed by atoms with Crippen molar-refractivity contribution in [2.45, 2.75) is 6.92 Å². The lowest BCUT2D eigenvalue weighted by Crippen LogP contribution is -1.98. The molecule has 4 nitrogen and oxygen atoms in total. The van der Waals surface area contributed by atoms with Crippen molar-refractivity contribution >= 4 is 17.3 Å². The van der Waals surface area contributed by atoms with Gasteiger partial charge in [0.1, 0.15) is 0 Å². The molecule has 0 saturated heterocycles. The predicted octanol–water partition coefficient (Wildman–Crippen LogP) is 2.10. The molecule has 0 aliphatic heterocycles. The van der Waals surface area contributed by atoms with Gasteiger partial charge >= 0.3 is 0 Å². The number of rotatable bonds is 2. The summed E-state index contributed by atoms with van der Waals surface area (Å²) in [6.45, 7) is 2.05. The zero-order valence-electron chi connectivity index (χ0n) is 8.52. The average Bonchev–Trinajstić information content (AvgIpc) is 2.64. The van der Waals surface area contributed by atoms with E-state index in [0.717, 1.165) is 11.3 Å². The van der Waals surface area contributed by atoms with Gasteiger partial charge in [0.25, 0.3) is 0 Å². The van der Waals surface area contributed by atoms with E-state index in [0.29, 0.717) is 5.88 Å². The molecule has 2 heterocycles. The molecule has 0 bridgehead atoms. The van der Waals surface area contributed by atoms with Crippen LogP contribution in [0, 0.1) is 6.92 Å². The van der Waals surface area contributed by atoms with Crippen molar-refractivity contribution in [2.24, 2.45) is 0 Å². The number of hydrogen-bond acceptors (Lipinski definition) is 5. The molecule has 0 spiro atoms. The van der Waals surface area contributed by atoms with Crippen LogP contribution in [0.1, 0.15) is 4.88 Å². The summed E-state index contributed by atoms with van der Waals surface area (Å²) in [7, 11) is 1.56. The number of anilines is 1. The fourth-order valence-corrected chi connectivity index (χ4v) is 1.97. The van der Waals surface area contributed by atoms with Crippen LogP contribution in [-0.2, 0) is 0 Å². The fraction of sp³-hybridized carbons (Fsp3) is 0.200. The van der Waals surface area contributed by atoms with Gasteiger partial charge < -0.3 is 10.5 Å². The highest BCUT2D eigenvalue weighted by Crippen LogP contribution is 2.25. The van der Waals surface area contributed by atoms with E-state index in [1.807, 2.05) is 5.38 Å². The van der Waals surface area contributed by atoms with Crippen LogP contribution in [0.3, 0.4) is 0 Å². The molecule has 0 aliphatic carbocycles. The lowest BCUT2D eigenvalue weighted by Gasteiger charge is -2.02. The van der Waals surface area contributed by atoms with Gasteiger partial charge in [-0.2, -0.15) is 4.98 Å². The third-order valence-electron chi connectivity index (χ3n) is 1.96. The Bertz CT molecular complexity index is 481. The topological polar surface area (TPSA) is 61.0 Å². The molecule has 0 aliphatic rings. The summed E-state index contributed by atoms with van der Waals surface area (Å²) in [4.78, 5) is 9.33. The van der Waals surface area contributed by atoms with Crippen molar-refractivity contribution in [3.05, 3.63) is 22.4 Å². The predicted molar refractivity (Wildman–Crippen MR) is 61.0 cm³/mol. The second-order valence-electron chi connectivity index (χ2n) is 3.10. The van der Waals surface area contributed by atoms with Gasteiger partial charge in [-0.05, 0) is 13.0 Å². The normalized spacial score (nSPS) is 10.3. The third-order valence-corrected chi connectivity index (χ3v) is 2.82. The molecule has 0 amide bonds. The molecule has 78 valence electrons. The Balaban J connectivity index is 2.48. The summed E-state index contributed by atoms with van der Waals surface area (Å²) >= 11 is 1.68. The molecule has 2 rings (SSSR count). The maximum Gasteiger partial charge on any atom is 0.223 e. The first-order valence-electron chi connectivity index (χ1n) is 4.43. The third kappa shape index (κ3) is 2.07. The number of aryl methyl sites for hydroxylation is 1. The van der Waals surface area contributed by atoms with Crippen molar-refractivity contribution in [2.75, 3.05) is 12.8 Å². The van der Waals surface area contributed by atoms with Gasteiger partial charge in [-0.25, -0.2) is 4.98 Å². The van der Waals surface area contributed by atoms with Crippen molar-refractivity contribution < 1.29 is 4.74 Å². The summed E-state index contributed by atoms with van der Waals surface area (Å²) in [5.74, 6) is 0.717. The number of hydrogen-bond donors (Lipinski definition) is 1. The Morgan fingerprint density at radius 2 is 2.13 bits per heavy atom. The highest BCUT2D eigenvalue weighted by atomic mass is 32.1. The summed E-state index contributed by atoms with van der Waals surface area (Å²) in [5.41, 5.74) is 7.42. The summed E-state index contributed by atoms with van der Waals surface area (Å²) < 4.78 is 5.04. The standard InChI is InChI=1S/C10H11N3OS/c1-6-3-7(5-15-6)8-4-9(14-2)13-10(11)12-8/h3-5H,1-2H3,(H2,11,12,13). The van der Waals surface area contributed by atoms with E-state index < -0.39 is 0 Å². The van der Waals surface area contributed by atoms with Crippen LogP contribution < -0.4 is 10.5 Å². The van der Waals surface area contributed by atoms with Gasteiger partial charge in [-0.3, -0.25) is 0 Å². The van der Waals surface area contributed by atoms with Crippen LogP contribution in [0.15, 0.2) is 17.5 Å². The molecule has 0 atom stereocenters. The van der Waals surface area contributed by atoms with E-state index in [-0.39, 0.29) is 5.95 Å². The number of ether oxygens (including phenoxy) is 1. The number of nitrogens with two attached hydrogens (primary N) is 1. The minimum absolute atomic E-state index is 0.230. The van der Waals surface area contributed by atoms with Crippen molar-refractivity contribution in [3.63, 3.8) is 0 Å². The Labute approximate surface area is 91.8 Å². The van der Waals surface area contributed by atoms with Gasteiger partial charge in [-0.1, -0.05) is 0 Å². The quantitative estimate of drug-likeness (QED) is 0.843. The number of nitrogen functional groups attached to an aromatic ring is 1. The number of thiophene rings is 1. The summed E-state index contributed by atoms with van der Waals surface area (Å²) in [6.07, 6.45) is 0. The molecule has 0 aromatic carbocycles. The minimum Gasteiger partial charge on any atom is -0.481 e. The van der Waals surface area contributed by atoms with Gasteiger partial charge in [0.15, 0.2) is 0 Å². The van der Waals surface area contributed by atoms with Gasteiger partial charge in [0.2, 0.25) is 11.8 Å². The van der Waals surface area contributed by atoms with E-state index in [1.165, 1.54) is 4.88 Å². The van der Waals surface area contributed by atoms with Crippen molar-refractivity contribution in [1.82, 2.24) is 9.97 Å². The maximum atomic E-state index is 5.58. The van der Waals surface area contributed by atoms with Gasteiger partial charge in [0.05, 0.1) is 12.8 Å². The van der Waals surface area contributed by atoms with Gasteiger partial charge in [0, 0.05) is 21.9 Å². The summed E-state index contributed by atoms with van der Waals surface area (Å²) in [6, 6.07) is 3.84. The molecule has 2 aromatic heterocycles. The highest BCUT2D eigenvalue weighted by Gasteiger charge is 2.06. The largest absolute Gasteiger partial charge is 0.481 e. The van der Waals surface area contributed by atoms with Crippen molar-refractivity contribution in [1.29, 1.82) is 0 Å². The second-order valence-corrected chi connectivity index (χ2v) is 4.22. The van der Waals surface area contributed by atoms with Gasteiger partial charge in [-0.15, -0.1) is 11.3 Å². The number of nitrogens with zero attached hydrogens (tertiary/aromatic N) is 2. The molecule has 2 aromatic rings. The first kappa shape index (κ1) is 9.92. The molecular formula is C10H11N3OS. The molecule has 5 heteroatoms. The van der Waals surface area contributed by atoms with E-state index in [2.05, 4.69) is 23.0 Å². The lowest BCUT2D eigenvalue weighted by atomic mass is 10.2. The minimum atomic E-state index is 0.230. The Hall–Kier alpha value is -1.62. The van der Waals surface area contributed by atoms with E-state index in [1.54, 1.807) is 24.5 Å². The van der Waals surface area contributed by atoms with Crippen LogP contribution in [0.5, 0.6) is 5.88 Å². The van der Waals surface area contributed by atoms with Crippen LogP contribution in [0.2, 0.25) is 0 Å². The SMILES string of the molecule is COc1cc(-c2csc(C)c2)nc(N)n1. The fourth-order valence-electron chi connectivity index (χ4n) is 1.27. The average molecular weight is 221 g/mol. The first-order valence-corrected chi connectivity index (χ1v) is 5.31. The molecule has 2 N–H and O–H groups in total. The van der Waals surface area contributed by atoms with Crippen LogP contribution >= 0.6 is 11.3 Å². The number of aromatic nitrogens is 2. The van der Waals surface area contributed by atoms with E-state index in [4.69, 9.17) is 10.5 Å². The zero-order chi connectivity index (χ0) is 10.8.